The molecule has 2 atom stereocenters. The van der Waals surface area contributed by atoms with Gasteiger partial charge in [0.2, 0.25) is 0 Å². The first-order valence-corrected chi connectivity index (χ1v) is 7.24. The first-order chi connectivity index (χ1) is 10.1. The van der Waals surface area contributed by atoms with Crippen molar-refractivity contribution >= 4 is 17.4 Å². The number of carbonyl (C=O) groups is 1. The van der Waals surface area contributed by atoms with E-state index in [1.54, 1.807) is 6.08 Å². The van der Waals surface area contributed by atoms with Gasteiger partial charge in [-0.1, -0.05) is 6.08 Å². The summed E-state index contributed by atoms with van der Waals surface area (Å²) in [5, 5.41) is 5.46. The molecule has 2 amide bonds. The molecule has 0 aromatic heterocycles. The topological polar surface area (TPSA) is 53.6 Å². The Kier molecular flexibility index (Phi) is 5.22. The summed E-state index contributed by atoms with van der Waals surface area (Å²) >= 11 is 0. The third kappa shape index (κ3) is 4.49. The molecule has 1 aliphatic rings. The summed E-state index contributed by atoms with van der Waals surface area (Å²) in [7, 11) is 0. The fourth-order valence-corrected chi connectivity index (χ4v) is 2.48. The van der Waals surface area contributed by atoms with Crippen LogP contribution in [0.5, 0.6) is 0 Å². The van der Waals surface area contributed by atoms with Gasteiger partial charge >= 0.3 is 6.03 Å². The molecule has 21 heavy (non-hydrogen) atoms. The van der Waals surface area contributed by atoms with Gasteiger partial charge in [-0.25, -0.2) is 4.79 Å². The number of hydrogen-bond donors (Lipinski definition) is 2. The number of rotatable bonds is 4. The fourth-order valence-electron chi connectivity index (χ4n) is 2.48. The molecular formula is C16H23N3O2. The van der Waals surface area contributed by atoms with Crippen LogP contribution in [-0.2, 0) is 4.74 Å². The number of amides is 2. The molecule has 1 aliphatic heterocycles. The van der Waals surface area contributed by atoms with Gasteiger partial charge < -0.3 is 20.3 Å². The molecule has 0 bridgehead atoms. The Hall–Kier alpha value is -2.01. The highest BCUT2D eigenvalue weighted by molar-refractivity contribution is 5.89. The maximum atomic E-state index is 11.5. The van der Waals surface area contributed by atoms with Gasteiger partial charge in [-0.3, -0.25) is 0 Å². The third-order valence-corrected chi connectivity index (χ3v) is 3.32. The van der Waals surface area contributed by atoms with Crippen molar-refractivity contribution in [3.8, 4) is 0 Å². The van der Waals surface area contributed by atoms with Crippen molar-refractivity contribution in [2.45, 2.75) is 26.1 Å². The first kappa shape index (κ1) is 15.4. The Morgan fingerprint density at radius 3 is 2.52 bits per heavy atom. The van der Waals surface area contributed by atoms with Crippen molar-refractivity contribution in [2.75, 3.05) is 29.9 Å². The molecule has 5 heteroatoms. The lowest BCUT2D eigenvalue weighted by Crippen LogP contribution is -2.45. The summed E-state index contributed by atoms with van der Waals surface area (Å²) < 4.78 is 5.74. The van der Waals surface area contributed by atoms with Crippen LogP contribution >= 0.6 is 0 Å². The van der Waals surface area contributed by atoms with Crippen molar-refractivity contribution in [1.82, 2.24) is 5.32 Å². The number of hydrogen-bond acceptors (Lipinski definition) is 3. The van der Waals surface area contributed by atoms with Gasteiger partial charge in [-0.15, -0.1) is 6.58 Å². The van der Waals surface area contributed by atoms with Crippen LogP contribution in [0.2, 0.25) is 0 Å². The van der Waals surface area contributed by atoms with E-state index < -0.39 is 0 Å². The molecule has 1 fully saturated rings. The van der Waals surface area contributed by atoms with Gasteiger partial charge in [0, 0.05) is 31.0 Å². The second-order valence-corrected chi connectivity index (χ2v) is 5.33. The van der Waals surface area contributed by atoms with Gasteiger partial charge in [-0.2, -0.15) is 0 Å². The predicted octanol–water partition coefficient (Wildman–Crippen LogP) is 2.61. The largest absolute Gasteiger partial charge is 0.372 e. The zero-order valence-electron chi connectivity index (χ0n) is 12.6. The minimum absolute atomic E-state index is 0.226. The van der Waals surface area contributed by atoms with E-state index >= 15 is 0 Å². The van der Waals surface area contributed by atoms with Crippen LogP contribution in [0.25, 0.3) is 0 Å². The van der Waals surface area contributed by atoms with Gasteiger partial charge in [0.1, 0.15) is 0 Å². The van der Waals surface area contributed by atoms with Gasteiger partial charge in [0.15, 0.2) is 0 Å². The SMILES string of the molecule is C=CCNC(=O)Nc1ccc(N2C[C@@H](C)O[C@@H](C)C2)cc1. The van der Waals surface area contributed by atoms with E-state index in [9.17, 15) is 4.79 Å². The molecule has 0 aliphatic carbocycles. The number of ether oxygens (including phenoxy) is 1. The standard InChI is InChI=1S/C16H23N3O2/c1-4-9-17-16(20)18-14-5-7-15(8-6-14)19-10-12(2)21-13(3)11-19/h4-8,12-13H,1,9-11H2,2-3H3,(H2,17,18,20)/t12-,13+. The zero-order valence-corrected chi connectivity index (χ0v) is 12.6. The van der Waals surface area contributed by atoms with E-state index in [4.69, 9.17) is 4.74 Å². The van der Waals surface area contributed by atoms with Gasteiger partial charge in [-0.05, 0) is 38.1 Å². The average molecular weight is 289 g/mol. The number of morpholine rings is 1. The molecule has 0 radical (unpaired) electrons. The van der Waals surface area contributed by atoms with E-state index in [0.717, 1.165) is 24.5 Å². The summed E-state index contributed by atoms with van der Waals surface area (Å²) in [6.07, 6.45) is 2.11. The average Bonchev–Trinajstić information content (AvgIpc) is 2.45. The molecule has 0 saturated carbocycles. The summed E-state index contributed by atoms with van der Waals surface area (Å²) in [6.45, 7) is 9.95. The minimum atomic E-state index is -0.226. The van der Waals surface area contributed by atoms with E-state index in [2.05, 4.69) is 36.0 Å². The van der Waals surface area contributed by atoms with Crippen LogP contribution in [0.1, 0.15) is 13.8 Å². The number of nitrogens with zero attached hydrogens (tertiary/aromatic N) is 1. The monoisotopic (exact) mass is 289 g/mol. The number of nitrogens with one attached hydrogen (secondary N) is 2. The molecule has 2 rings (SSSR count). The highest BCUT2D eigenvalue weighted by Crippen LogP contribution is 2.22. The molecule has 1 aromatic carbocycles. The van der Waals surface area contributed by atoms with Crippen LogP contribution in [-0.4, -0.2) is 37.9 Å². The van der Waals surface area contributed by atoms with E-state index in [0.29, 0.717) is 6.54 Å². The Morgan fingerprint density at radius 1 is 1.33 bits per heavy atom. The summed E-state index contributed by atoms with van der Waals surface area (Å²) in [5.41, 5.74) is 1.92. The summed E-state index contributed by atoms with van der Waals surface area (Å²) in [5.74, 6) is 0. The Bertz CT molecular complexity index is 477. The highest BCUT2D eigenvalue weighted by atomic mass is 16.5. The fraction of sp³-hybridized carbons (Fsp3) is 0.438. The Morgan fingerprint density at radius 2 is 1.95 bits per heavy atom. The second kappa shape index (κ2) is 7.13. The van der Waals surface area contributed by atoms with Crippen LogP contribution in [0.15, 0.2) is 36.9 Å². The maximum absolute atomic E-state index is 11.5. The molecule has 0 unspecified atom stereocenters. The molecule has 5 nitrogen and oxygen atoms in total. The lowest BCUT2D eigenvalue weighted by Gasteiger charge is -2.36. The Balaban J connectivity index is 1.95. The third-order valence-electron chi connectivity index (χ3n) is 3.32. The molecule has 0 spiro atoms. The van der Waals surface area contributed by atoms with Crippen LogP contribution < -0.4 is 15.5 Å². The van der Waals surface area contributed by atoms with Gasteiger partial charge in [0.25, 0.3) is 0 Å². The predicted molar refractivity (Wildman–Crippen MR) is 85.9 cm³/mol. The van der Waals surface area contributed by atoms with Crippen LogP contribution in [0.4, 0.5) is 16.2 Å². The maximum Gasteiger partial charge on any atom is 0.319 e. The smallest absolute Gasteiger partial charge is 0.319 e. The van der Waals surface area contributed by atoms with Crippen molar-refractivity contribution in [1.29, 1.82) is 0 Å². The molecule has 1 heterocycles. The number of benzene rings is 1. The minimum Gasteiger partial charge on any atom is -0.372 e. The Labute approximate surface area is 126 Å². The van der Waals surface area contributed by atoms with Crippen molar-refractivity contribution in [3.63, 3.8) is 0 Å². The van der Waals surface area contributed by atoms with Crippen molar-refractivity contribution in [2.24, 2.45) is 0 Å². The quantitative estimate of drug-likeness (QED) is 0.838. The van der Waals surface area contributed by atoms with Crippen molar-refractivity contribution in [3.05, 3.63) is 36.9 Å². The second-order valence-electron chi connectivity index (χ2n) is 5.33. The van der Waals surface area contributed by atoms with Crippen molar-refractivity contribution < 1.29 is 9.53 Å². The normalized spacial score (nSPS) is 21.7. The van der Waals surface area contributed by atoms with Crippen LogP contribution in [0, 0.1) is 0 Å². The molecule has 2 N–H and O–H groups in total. The summed E-state index contributed by atoms with van der Waals surface area (Å²) in [6, 6.07) is 7.64. The molecule has 1 aromatic rings. The lowest BCUT2D eigenvalue weighted by molar-refractivity contribution is -0.00521. The number of carbonyl (C=O) groups excluding carboxylic acids is 1. The molecular weight excluding hydrogens is 266 g/mol. The summed E-state index contributed by atoms with van der Waals surface area (Å²) in [4.78, 5) is 13.9. The van der Waals surface area contributed by atoms with E-state index in [1.807, 2.05) is 24.3 Å². The van der Waals surface area contributed by atoms with Crippen LogP contribution in [0.3, 0.4) is 0 Å². The van der Waals surface area contributed by atoms with E-state index in [-0.39, 0.29) is 18.2 Å². The zero-order chi connectivity index (χ0) is 15.2. The molecule has 114 valence electrons. The first-order valence-electron chi connectivity index (χ1n) is 7.24. The lowest BCUT2D eigenvalue weighted by atomic mass is 10.2. The highest BCUT2D eigenvalue weighted by Gasteiger charge is 2.22. The molecule has 1 saturated heterocycles. The number of urea groups is 1. The van der Waals surface area contributed by atoms with Gasteiger partial charge in [0.05, 0.1) is 12.2 Å². The number of anilines is 2. The van der Waals surface area contributed by atoms with E-state index in [1.165, 1.54) is 0 Å².